The number of hydrogen-bond donors (Lipinski definition) is 1. The van der Waals surface area contributed by atoms with Gasteiger partial charge < -0.3 is 5.32 Å². The van der Waals surface area contributed by atoms with E-state index in [2.05, 4.69) is 31.2 Å². The molecule has 1 atom stereocenters. The second-order valence-electron chi connectivity index (χ2n) is 5.83. The number of hydrogen-bond acceptors (Lipinski definition) is 4. The van der Waals surface area contributed by atoms with Crippen LogP contribution in [-0.4, -0.2) is 21.1 Å². The molecular weight excluding hydrogens is 398 g/mol. The number of aromatic nitrogens is 2. The van der Waals surface area contributed by atoms with Gasteiger partial charge in [-0.1, -0.05) is 36.0 Å². The Morgan fingerprint density at radius 1 is 1.16 bits per heavy atom. The zero-order chi connectivity index (χ0) is 18.0. The summed E-state index contributed by atoms with van der Waals surface area (Å²) in [7, 11) is 0. The molecule has 1 aromatic heterocycles. The van der Waals surface area contributed by atoms with Crippen molar-refractivity contribution in [2.24, 2.45) is 0 Å². The van der Waals surface area contributed by atoms with Crippen LogP contribution in [0.2, 0.25) is 0 Å². The zero-order valence-corrected chi connectivity index (χ0v) is 16.6. The Hall–Kier alpha value is -1.92. The Bertz CT molecular complexity index is 945. The lowest BCUT2D eigenvalue weighted by Gasteiger charge is -2.14. The topological polar surface area (TPSA) is 54.9 Å². The number of nitrogens with one attached hydrogen (secondary N) is 1. The average molecular weight is 416 g/mol. The fourth-order valence-electron chi connectivity index (χ4n) is 2.43. The van der Waals surface area contributed by atoms with Crippen molar-refractivity contribution in [1.29, 1.82) is 0 Å². The van der Waals surface area contributed by atoms with Gasteiger partial charge in [0.1, 0.15) is 10.9 Å². The van der Waals surface area contributed by atoms with Gasteiger partial charge in [-0.3, -0.25) is 4.79 Å². The zero-order valence-electron chi connectivity index (χ0n) is 14.2. The molecule has 3 aromatic rings. The summed E-state index contributed by atoms with van der Waals surface area (Å²) in [6, 6.07) is 13.7. The number of rotatable bonds is 4. The molecule has 1 N–H and O–H groups in total. The third-order valence-corrected chi connectivity index (χ3v) is 5.48. The highest BCUT2D eigenvalue weighted by molar-refractivity contribution is 9.10. The second kappa shape index (κ2) is 7.54. The van der Waals surface area contributed by atoms with Crippen molar-refractivity contribution >= 4 is 50.2 Å². The number of carbonyl (C=O) groups excluding carboxylic acids is 1. The van der Waals surface area contributed by atoms with Gasteiger partial charge in [0.05, 0.1) is 16.5 Å². The average Bonchev–Trinajstić information content (AvgIpc) is 2.57. The maximum absolute atomic E-state index is 12.6. The lowest BCUT2D eigenvalue weighted by atomic mass is 10.2. The quantitative estimate of drug-likeness (QED) is 0.473. The number of thioether (sulfide) groups is 1. The minimum absolute atomic E-state index is 0.0603. The van der Waals surface area contributed by atoms with Crippen LogP contribution in [0.3, 0.4) is 0 Å². The summed E-state index contributed by atoms with van der Waals surface area (Å²) in [6.45, 7) is 5.76. The number of fused-ring (bicyclic) bond motifs is 1. The van der Waals surface area contributed by atoms with E-state index in [-0.39, 0.29) is 11.2 Å². The predicted molar refractivity (Wildman–Crippen MR) is 107 cm³/mol. The lowest BCUT2D eigenvalue weighted by molar-refractivity contribution is -0.115. The van der Waals surface area contributed by atoms with Crippen molar-refractivity contribution in [3.05, 3.63) is 58.3 Å². The first-order chi connectivity index (χ1) is 11.9. The summed E-state index contributed by atoms with van der Waals surface area (Å²) in [4.78, 5) is 21.5. The molecule has 6 heteroatoms. The van der Waals surface area contributed by atoms with Crippen molar-refractivity contribution < 1.29 is 4.79 Å². The second-order valence-corrected chi connectivity index (χ2v) is 8.01. The van der Waals surface area contributed by atoms with E-state index >= 15 is 0 Å². The molecule has 0 saturated heterocycles. The summed E-state index contributed by atoms with van der Waals surface area (Å²) < 4.78 is 0.876. The number of carbonyl (C=O) groups is 1. The van der Waals surface area contributed by atoms with E-state index in [0.29, 0.717) is 5.82 Å². The summed E-state index contributed by atoms with van der Waals surface area (Å²) >= 11 is 4.94. The first kappa shape index (κ1) is 17.9. The van der Waals surface area contributed by atoms with Crippen molar-refractivity contribution in [2.45, 2.75) is 31.0 Å². The highest BCUT2D eigenvalue weighted by Gasteiger charge is 2.18. The highest BCUT2D eigenvalue weighted by atomic mass is 79.9. The fourth-order valence-corrected chi connectivity index (χ4v) is 4.00. The van der Waals surface area contributed by atoms with Gasteiger partial charge in [-0.15, -0.1) is 0 Å². The van der Waals surface area contributed by atoms with Crippen LogP contribution < -0.4 is 5.32 Å². The normalized spacial score (nSPS) is 12.2. The van der Waals surface area contributed by atoms with Gasteiger partial charge in [0, 0.05) is 9.86 Å². The highest BCUT2D eigenvalue weighted by Crippen LogP contribution is 2.30. The molecule has 0 aliphatic heterocycles. The summed E-state index contributed by atoms with van der Waals surface area (Å²) in [5, 5.41) is 4.48. The van der Waals surface area contributed by atoms with Gasteiger partial charge in [0.15, 0.2) is 0 Å². The van der Waals surface area contributed by atoms with Crippen molar-refractivity contribution in [3.63, 3.8) is 0 Å². The molecule has 0 radical (unpaired) electrons. The van der Waals surface area contributed by atoms with Crippen LogP contribution in [0, 0.1) is 13.8 Å². The summed E-state index contributed by atoms with van der Waals surface area (Å²) in [6.07, 6.45) is 0. The van der Waals surface area contributed by atoms with E-state index in [0.717, 1.165) is 31.7 Å². The summed E-state index contributed by atoms with van der Waals surface area (Å²) in [5.74, 6) is 0.644. The maximum atomic E-state index is 12.6. The first-order valence-electron chi connectivity index (χ1n) is 7.91. The number of amides is 1. The number of aryl methyl sites for hydroxylation is 2. The molecule has 0 fully saturated rings. The molecule has 2 aromatic carbocycles. The van der Waals surface area contributed by atoms with E-state index in [1.807, 2.05) is 63.2 Å². The lowest BCUT2D eigenvalue weighted by Crippen LogP contribution is -2.22. The monoisotopic (exact) mass is 415 g/mol. The summed E-state index contributed by atoms with van der Waals surface area (Å²) in [5.41, 5.74) is 2.80. The fraction of sp³-hybridized carbons (Fsp3) is 0.211. The van der Waals surface area contributed by atoms with E-state index in [1.54, 1.807) is 0 Å². The standard InChI is InChI=1S/C19H18BrN3OS/c1-11-8-9-17(15(20)10-11)23-18(24)12(2)25-19-14-6-4-5-7-16(14)21-13(3)22-19/h4-10,12H,1-3H3,(H,23,24)/t12-/m0/s1. The molecular formula is C19H18BrN3OS. The van der Waals surface area contributed by atoms with Gasteiger partial charge in [0.2, 0.25) is 5.91 Å². The van der Waals surface area contributed by atoms with Crippen LogP contribution in [0.25, 0.3) is 10.9 Å². The van der Waals surface area contributed by atoms with Crippen molar-refractivity contribution in [3.8, 4) is 0 Å². The molecule has 0 aliphatic carbocycles. The number of nitrogens with zero attached hydrogens (tertiary/aromatic N) is 2. The van der Waals surface area contributed by atoms with Gasteiger partial charge in [-0.05, 0) is 60.5 Å². The van der Waals surface area contributed by atoms with Gasteiger partial charge >= 0.3 is 0 Å². The Morgan fingerprint density at radius 2 is 1.92 bits per heavy atom. The maximum Gasteiger partial charge on any atom is 0.237 e. The number of benzene rings is 2. The van der Waals surface area contributed by atoms with Crippen LogP contribution >= 0.6 is 27.7 Å². The molecule has 25 heavy (non-hydrogen) atoms. The SMILES string of the molecule is Cc1ccc(NC(=O)[C@H](C)Sc2nc(C)nc3ccccc23)c(Br)c1. The minimum Gasteiger partial charge on any atom is -0.324 e. The molecule has 0 unspecified atom stereocenters. The smallest absolute Gasteiger partial charge is 0.237 e. The molecule has 3 rings (SSSR count). The molecule has 1 amide bonds. The number of halogens is 1. The van der Waals surface area contributed by atoms with Crippen LogP contribution in [0.4, 0.5) is 5.69 Å². The Balaban J connectivity index is 1.80. The van der Waals surface area contributed by atoms with Crippen molar-refractivity contribution in [1.82, 2.24) is 9.97 Å². The van der Waals surface area contributed by atoms with E-state index in [1.165, 1.54) is 11.8 Å². The molecule has 0 saturated carbocycles. The van der Waals surface area contributed by atoms with Gasteiger partial charge in [-0.25, -0.2) is 9.97 Å². The molecule has 4 nitrogen and oxygen atoms in total. The van der Waals surface area contributed by atoms with Gasteiger partial charge in [0.25, 0.3) is 0 Å². The third kappa shape index (κ3) is 4.19. The molecule has 0 aliphatic rings. The minimum atomic E-state index is -0.286. The first-order valence-corrected chi connectivity index (χ1v) is 9.58. The number of para-hydroxylation sites is 1. The molecule has 128 valence electrons. The number of anilines is 1. The Labute approximate surface area is 159 Å². The molecule has 0 bridgehead atoms. The molecule has 0 spiro atoms. The van der Waals surface area contributed by atoms with E-state index < -0.39 is 0 Å². The van der Waals surface area contributed by atoms with Crippen LogP contribution in [0.5, 0.6) is 0 Å². The van der Waals surface area contributed by atoms with Crippen LogP contribution in [-0.2, 0) is 4.79 Å². The van der Waals surface area contributed by atoms with Crippen LogP contribution in [0.1, 0.15) is 18.3 Å². The predicted octanol–water partition coefficient (Wildman–Crippen LogP) is 5.13. The third-order valence-electron chi connectivity index (χ3n) is 3.72. The molecule has 1 heterocycles. The Morgan fingerprint density at radius 3 is 2.68 bits per heavy atom. The van der Waals surface area contributed by atoms with Crippen LogP contribution in [0.15, 0.2) is 52.0 Å². The Kier molecular flexibility index (Phi) is 5.39. The van der Waals surface area contributed by atoms with E-state index in [4.69, 9.17) is 0 Å². The van der Waals surface area contributed by atoms with E-state index in [9.17, 15) is 4.79 Å². The largest absolute Gasteiger partial charge is 0.324 e. The van der Waals surface area contributed by atoms with Gasteiger partial charge in [-0.2, -0.15) is 0 Å². The van der Waals surface area contributed by atoms with Crippen molar-refractivity contribution in [2.75, 3.05) is 5.32 Å².